The van der Waals surface area contributed by atoms with E-state index in [1.54, 1.807) is 0 Å². The van der Waals surface area contributed by atoms with Gasteiger partial charge >= 0.3 is 0 Å². The fraction of sp³-hybridized carbons (Fsp3) is 0.111. The predicted octanol–water partition coefficient (Wildman–Crippen LogP) is 1.04. The maximum Gasteiger partial charge on any atom is 0.231 e. The number of hydrogen-bond donors (Lipinski definition) is 0. The summed E-state index contributed by atoms with van der Waals surface area (Å²) in [5.41, 5.74) is 0.802. The summed E-state index contributed by atoms with van der Waals surface area (Å²) >= 11 is 0. The molecule has 1 aromatic rings. The van der Waals surface area contributed by atoms with E-state index in [9.17, 15) is 9.59 Å². The molecule has 1 heterocycles. The molecule has 0 amide bonds. The molecule has 0 saturated carbocycles. The van der Waals surface area contributed by atoms with Crippen LogP contribution in [0.5, 0.6) is 11.5 Å². The summed E-state index contributed by atoms with van der Waals surface area (Å²) in [6.45, 7) is 0.0566. The van der Waals surface area contributed by atoms with Crippen LogP contribution in [0.1, 0.15) is 20.7 Å². The summed E-state index contributed by atoms with van der Waals surface area (Å²) in [6.07, 6.45) is 1.34. The van der Waals surface area contributed by atoms with Gasteiger partial charge in [-0.05, 0) is 12.1 Å². The molecule has 4 nitrogen and oxygen atoms in total. The van der Waals surface area contributed by atoms with E-state index in [1.807, 2.05) is 0 Å². The van der Waals surface area contributed by atoms with Crippen molar-refractivity contribution in [1.29, 1.82) is 0 Å². The zero-order chi connectivity index (χ0) is 9.26. The molecule has 0 radical (unpaired) electrons. The summed E-state index contributed by atoms with van der Waals surface area (Å²) < 4.78 is 10.1. The Hall–Kier alpha value is -1.84. The monoisotopic (exact) mass is 178 g/mol. The molecule has 0 fully saturated rings. The van der Waals surface area contributed by atoms with Crippen molar-refractivity contribution in [3.05, 3.63) is 23.3 Å². The lowest BCUT2D eigenvalue weighted by atomic mass is 10.1. The van der Waals surface area contributed by atoms with Crippen LogP contribution in [0, 0.1) is 0 Å². The fourth-order valence-corrected chi connectivity index (χ4v) is 1.22. The van der Waals surface area contributed by atoms with Gasteiger partial charge in [0.2, 0.25) is 6.79 Å². The number of benzene rings is 1. The van der Waals surface area contributed by atoms with Gasteiger partial charge in [0.25, 0.3) is 0 Å². The highest BCUT2D eigenvalue weighted by molar-refractivity contribution is 5.88. The number of carbonyl (C=O) groups excluding carboxylic acids is 2. The van der Waals surface area contributed by atoms with Crippen LogP contribution in [-0.4, -0.2) is 19.4 Å². The lowest BCUT2D eigenvalue weighted by Gasteiger charge is -2.00. The van der Waals surface area contributed by atoms with Crippen molar-refractivity contribution in [1.82, 2.24) is 0 Å². The van der Waals surface area contributed by atoms with Crippen LogP contribution in [0.3, 0.4) is 0 Å². The van der Waals surface area contributed by atoms with E-state index in [0.29, 0.717) is 35.2 Å². The standard InChI is InChI=1S/C9H6O4/c10-3-6-1-2-7(4-11)9-8(6)12-5-13-9/h1-4H,5H2. The third kappa shape index (κ3) is 1.07. The average Bonchev–Trinajstić information content (AvgIpc) is 2.64. The molecule has 13 heavy (non-hydrogen) atoms. The highest BCUT2D eigenvalue weighted by Gasteiger charge is 2.20. The van der Waals surface area contributed by atoms with E-state index in [2.05, 4.69) is 0 Å². The summed E-state index contributed by atoms with van der Waals surface area (Å²) in [6, 6.07) is 3.06. The molecular weight excluding hydrogens is 172 g/mol. The van der Waals surface area contributed by atoms with Gasteiger partial charge in [-0.1, -0.05) is 0 Å². The number of rotatable bonds is 2. The number of fused-ring (bicyclic) bond motifs is 1. The van der Waals surface area contributed by atoms with Gasteiger partial charge in [-0.3, -0.25) is 9.59 Å². The van der Waals surface area contributed by atoms with Crippen LogP contribution in [-0.2, 0) is 0 Å². The molecule has 66 valence electrons. The lowest BCUT2D eigenvalue weighted by Crippen LogP contribution is -1.94. The zero-order valence-corrected chi connectivity index (χ0v) is 6.65. The van der Waals surface area contributed by atoms with E-state index in [1.165, 1.54) is 12.1 Å². The first kappa shape index (κ1) is 7.79. The van der Waals surface area contributed by atoms with Crippen molar-refractivity contribution < 1.29 is 19.1 Å². The van der Waals surface area contributed by atoms with Crippen molar-refractivity contribution in [2.45, 2.75) is 0 Å². The first-order chi connectivity index (χ1) is 6.36. The molecule has 0 aromatic heterocycles. The quantitative estimate of drug-likeness (QED) is 0.635. The Morgan fingerprint density at radius 1 is 1.00 bits per heavy atom. The number of carbonyl (C=O) groups is 2. The van der Waals surface area contributed by atoms with E-state index in [4.69, 9.17) is 9.47 Å². The average molecular weight is 178 g/mol. The first-order valence-corrected chi connectivity index (χ1v) is 3.70. The minimum absolute atomic E-state index is 0.0566. The molecule has 0 N–H and O–H groups in total. The maximum atomic E-state index is 10.5. The zero-order valence-electron chi connectivity index (χ0n) is 6.65. The molecule has 0 atom stereocenters. The Bertz CT molecular complexity index is 335. The molecule has 2 rings (SSSR count). The van der Waals surface area contributed by atoms with E-state index in [-0.39, 0.29) is 6.79 Å². The Labute approximate surface area is 74.1 Å². The topological polar surface area (TPSA) is 52.6 Å². The van der Waals surface area contributed by atoms with Crippen LogP contribution in [0.2, 0.25) is 0 Å². The SMILES string of the molecule is O=Cc1ccc(C=O)c2c1OCO2. The van der Waals surface area contributed by atoms with Crippen molar-refractivity contribution in [3.8, 4) is 11.5 Å². The molecule has 0 aliphatic carbocycles. The Morgan fingerprint density at radius 2 is 1.46 bits per heavy atom. The summed E-state index contributed by atoms with van der Waals surface area (Å²) in [5, 5.41) is 0. The van der Waals surface area contributed by atoms with Crippen LogP contribution < -0.4 is 9.47 Å². The molecule has 4 heteroatoms. The van der Waals surface area contributed by atoms with Gasteiger partial charge in [0.15, 0.2) is 24.1 Å². The summed E-state index contributed by atoms with van der Waals surface area (Å²) in [5.74, 6) is 0.721. The van der Waals surface area contributed by atoms with Gasteiger partial charge in [-0.25, -0.2) is 0 Å². The number of hydrogen-bond acceptors (Lipinski definition) is 4. The largest absolute Gasteiger partial charge is 0.453 e. The molecule has 0 bridgehead atoms. The van der Waals surface area contributed by atoms with E-state index < -0.39 is 0 Å². The van der Waals surface area contributed by atoms with Crippen molar-refractivity contribution in [2.24, 2.45) is 0 Å². The second-order valence-electron chi connectivity index (χ2n) is 2.54. The van der Waals surface area contributed by atoms with Crippen LogP contribution in [0.25, 0.3) is 0 Å². The van der Waals surface area contributed by atoms with Crippen LogP contribution in [0.4, 0.5) is 0 Å². The second-order valence-corrected chi connectivity index (χ2v) is 2.54. The third-order valence-electron chi connectivity index (χ3n) is 1.83. The summed E-state index contributed by atoms with van der Waals surface area (Å²) in [7, 11) is 0. The highest BCUT2D eigenvalue weighted by atomic mass is 16.7. The lowest BCUT2D eigenvalue weighted by molar-refractivity contribution is 0.111. The Kier molecular flexibility index (Phi) is 1.73. The molecule has 0 unspecified atom stereocenters. The molecule has 0 saturated heterocycles. The Balaban J connectivity index is 2.64. The predicted molar refractivity (Wildman–Crippen MR) is 43.3 cm³/mol. The normalized spacial score (nSPS) is 12.6. The molecule has 1 aliphatic heterocycles. The molecular formula is C9H6O4. The van der Waals surface area contributed by atoms with Crippen LogP contribution >= 0.6 is 0 Å². The molecule has 0 spiro atoms. The van der Waals surface area contributed by atoms with Crippen molar-refractivity contribution >= 4 is 12.6 Å². The van der Waals surface area contributed by atoms with Crippen molar-refractivity contribution in [2.75, 3.05) is 6.79 Å². The third-order valence-corrected chi connectivity index (χ3v) is 1.83. The minimum Gasteiger partial charge on any atom is -0.453 e. The van der Waals surface area contributed by atoms with Gasteiger partial charge in [-0.2, -0.15) is 0 Å². The van der Waals surface area contributed by atoms with Crippen LogP contribution in [0.15, 0.2) is 12.1 Å². The van der Waals surface area contributed by atoms with E-state index in [0.717, 1.165) is 0 Å². The van der Waals surface area contributed by atoms with Gasteiger partial charge in [0.05, 0.1) is 11.1 Å². The van der Waals surface area contributed by atoms with E-state index >= 15 is 0 Å². The molecule has 1 aromatic carbocycles. The second kappa shape index (κ2) is 2.90. The fourth-order valence-electron chi connectivity index (χ4n) is 1.22. The van der Waals surface area contributed by atoms with Gasteiger partial charge in [-0.15, -0.1) is 0 Å². The van der Waals surface area contributed by atoms with Gasteiger partial charge < -0.3 is 9.47 Å². The first-order valence-electron chi connectivity index (χ1n) is 3.70. The summed E-state index contributed by atoms with van der Waals surface area (Å²) in [4.78, 5) is 21.1. The maximum absolute atomic E-state index is 10.5. The number of ether oxygens (including phenoxy) is 2. The van der Waals surface area contributed by atoms with Gasteiger partial charge in [0.1, 0.15) is 0 Å². The number of aldehydes is 2. The molecule has 1 aliphatic rings. The van der Waals surface area contributed by atoms with Crippen molar-refractivity contribution in [3.63, 3.8) is 0 Å². The smallest absolute Gasteiger partial charge is 0.231 e. The van der Waals surface area contributed by atoms with Gasteiger partial charge in [0, 0.05) is 0 Å². The highest BCUT2D eigenvalue weighted by Crippen LogP contribution is 2.37. The Morgan fingerprint density at radius 3 is 1.85 bits per heavy atom. The minimum atomic E-state index is 0.0566.